The van der Waals surface area contributed by atoms with Crippen molar-refractivity contribution in [2.24, 2.45) is 5.73 Å². The lowest BCUT2D eigenvalue weighted by Gasteiger charge is -2.19. The third kappa shape index (κ3) is 1.75. The van der Waals surface area contributed by atoms with E-state index < -0.39 is 0 Å². The molecule has 0 bridgehead atoms. The van der Waals surface area contributed by atoms with Crippen LogP contribution in [-0.4, -0.2) is 9.97 Å². The maximum atomic E-state index is 5.58. The van der Waals surface area contributed by atoms with Crippen LogP contribution in [0, 0.1) is 0 Å². The molecule has 0 spiro atoms. The minimum absolute atomic E-state index is 0.112. The summed E-state index contributed by atoms with van der Waals surface area (Å²) in [6.45, 7) is 7.04. The topological polar surface area (TPSA) is 54.7 Å². The van der Waals surface area contributed by atoms with Gasteiger partial charge < -0.3 is 10.7 Å². The number of benzene rings is 1. The highest BCUT2D eigenvalue weighted by atomic mass is 14.9. The maximum absolute atomic E-state index is 5.58. The number of H-pyrrole nitrogens is 1. The number of para-hydroxylation sites is 1. The Morgan fingerprint density at radius 1 is 1.33 bits per heavy atom. The molecule has 1 aromatic carbocycles. The first-order valence-corrected chi connectivity index (χ1v) is 5.20. The van der Waals surface area contributed by atoms with Gasteiger partial charge in [0.1, 0.15) is 5.82 Å². The van der Waals surface area contributed by atoms with Gasteiger partial charge in [-0.3, -0.25) is 0 Å². The van der Waals surface area contributed by atoms with Crippen LogP contribution in [0.2, 0.25) is 0 Å². The molecule has 0 aliphatic heterocycles. The molecule has 80 valence electrons. The van der Waals surface area contributed by atoms with Crippen molar-refractivity contribution in [2.45, 2.75) is 32.7 Å². The number of imidazole rings is 1. The van der Waals surface area contributed by atoms with E-state index in [2.05, 4.69) is 42.9 Å². The summed E-state index contributed by atoms with van der Waals surface area (Å²) in [4.78, 5) is 7.74. The molecule has 3 N–H and O–H groups in total. The van der Waals surface area contributed by atoms with E-state index in [-0.39, 0.29) is 5.41 Å². The van der Waals surface area contributed by atoms with Crippen LogP contribution in [-0.2, 0) is 12.0 Å². The molecule has 0 aliphatic rings. The van der Waals surface area contributed by atoms with Gasteiger partial charge in [0.2, 0.25) is 0 Å². The van der Waals surface area contributed by atoms with Crippen LogP contribution in [0.25, 0.3) is 11.0 Å². The molecule has 1 heterocycles. The Morgan fingerprint density at radius 3 is 2.67 bits per heavy atom. The smallest absolute Gasteiger partial charge is 0.121 e. The normalized spacial score (nSPS) is 12.3. The van der Waals surface area contributed by atoms with Gasteiger partial charge in [0.15, 0.2) is 0 Å². The number of nitrogens with one attached hydrogen (secondary N) is 1. The monoisotopic (exact) mass is 203 g/mol. The predicted octanol–water partition coefficient (Wildman–Crippen LogP) is 2.32. The summed E-state index contributed by atoms with van der Waals surface area (Å²) >= 11 is 0. The van der Waals surface area contributed by atoms with Gasteiger partial charge >= 0.3 is 0 Å². The number of rotatable bonds is 1. The van der Waals surface area contributed by atoms with Gasteiger partial charge in [-0.15, -0.1) is 0 Å². The van der Waals surface area contributed by atoms with Crippen molar-refractivity contribution in [3.05, 3.63) is 29.6 Å². The number of aromatic nitrogens is 2. The van der Waals surface area contributed by atoms with Crippen LogP contribution in [0.4, 0.5) is 0 Å². The fourth-order valence-electron chi connectivity index (χ4n) is 1.79. The third-order valence-electron chi connectivity index (χ3n) is 2.56. The van der Waals surface area contributed by atoms with Crippen molar-refractivity contribution in [3.63, 3.8) is 0 Å². The lowest BCUT2D eigenvalue weighted by Crippen LogP contribution is -2.11. The van der Waals surface area contributed by atoms with Crippen LogP contribution in [0.3, 0.4) is 0 Å². The Labute approximate surface area is 89.7 Å². The molecular weight excluding hydrogens is 186 g/mol. The molecule has 1 aromatic heterocycles. The summed E-state index contributed by atoms with van der Waals surface area (Å²) < 4.78 is 0. The lowest BCUT2D eigenvalue weighted by molar-refractivity contribution is 0.595. The molecule has 0 saturated heterocycles. The van der Waals surface area contributed by atoms with E-state index in [1.807, 2.05) is 6.07 Å². The Bertz CT molecular complexity index is 477. The zero-order valence-electron chi connectivity index (χ0n) is 9.46. The Balaban J connectivity index is 2.70. The molecule has 2 aromatic rings. The first-order valence-electron chi connectivity index (χ1n) is 5.20. The van der Waals surface area contributed by atoms with Gasteiger partial charge in [-0.1, -0.05) is 32.9 Å². The molecular formula is C12H17N3. The SMILES string of the molecule is CC(C)(C)c1cccc2[nH]c(CN)nc12. The highest BCUT2D eigenvalue weighted by molar-refractivity contribution is 5.79. The summed E-state index contributed by atoms with van der Waals surface area (Å²) in [5.74, 6) is 0.849. The number of hydrogen-bond acceptors (Lipinski definition) is 2. The van der Waals surface area contributed by atoms with E-state index in [9.17, 15) is 0 Å². The Kier molecular flexibility index (Phi) is 2.27. The molecule has 3 nitrogen and oxygen atoms in total. The molecule has 0 unspecified atom stereocenters. The average molecular weight is 203 g/mol. The average Bonchev–Trinajstić information content (AvgIpc) is 2.57. The van der Waals surface area contributed by atoms with E-state index in [0.717, 1.165) is 16.9 Å². The second kappa shape index (κ2) is 3.35. The van der Waals surface area contributed by atoms with Crippen molar-refractivity contribution in [1.82, 2.24) is 9.97 Å². The van der Waals surface area contributed by atoms with E-state index in [1.165, 1.54) is 5.56 Å². The Hall–Kier alpha value is -1.35. The standard InChI is InChI=1S/C12H17N3/c1-12(2,3)8-5-4-6-9-11(8)15-10(7-13)14-9/h4-6H,7,13H2,1-3H3,(H,14,15). The van der Waals surface area contributed by atoms with E-state index >= 15 is 0 Å². The van der Waals surface area contributed by atoms with Gasteiger partial charge in [-0.2, -0.15) is 0 Å². The van der Waals surface area contributed by atoms with E-state index in [0.29, 0.717) is 6.54 Å². The molecule has 2 rings (SSSR count). The van der Waals surface area contributed by atoms with Crippen molar-refractivity contribution >= 4 is 11.0 Å². The summed E-state index contributed by atoms with van der Waals surface area (Å²) in [5, 5.41) is 0. The number of aromatic amines is 1. The summed E-state index contributed by atoms with van der Waals surface area (Å²) in [6.07, 6.45) is 0. The minimum atomic E-state index is 0.112. The predicted molar refractivity (Wildman–Crippen MR) is 62.7 cm³/mol. The van der Waals surface area contributed by atoms with Gasteiger partial charge in [-0.25, -0.2) is 4.98 Å². The number of nitrogens with zero attached hydrogens (tertiary/aromatic N) is 1. The quantitative estimate of drug-likeness (QED) is 0.747. The van der Waals surface area contributed by atoms with Crippen LogP contribution in [0.5, 0.6) is 0 Å². The third-order valence-corrected chi connectivity index (χ3v) is 2.56. The number of fused-ring (bicyclic) bond motifs is 1. The van der Waals surface area contributed by atoms with Crippen LogP contribution < -0.4 is 5.73 Å². The van der Waals surface area contributed by atoms with Crippen LogP contribution >= 0.6 is 0 Å². The van der Waals surface area contributed by atoms with Gasteiger partial charge in [0.05, 0.1) is 17.6 Å². The second-order valence-corrected chi connectivity index (χ2v) is 4.84. The second-order valence-electron chi connectivity index (χ2n) is 4.84. The van der Waals surface area contributed by atoms with Crippen molar-refractivity contribution in [1.29, 1.82) is 0 Å². The molecule has 0 saturated carbocycles. The van der Waals surface area contributed by atoms with Gasteiger partial charge in [0, 0.05) is 0 Å². The maximum Gasteiger partial charge on any atom is 0.121 e. The van der Waals surface area contributed by atoms with E-state index in [1.54, 1.807) is 0 Å². The first-order chi connectivity index (χ1) is 7.02. The van der Waals surface area contributed by atoms with Gasteiger partial charge in [-0.05, 0) is 17.0 Å². The lowest BCUT2D eigenvalue weighted by atomic mass is 9.86. The van der Waals surface area contributed by atoms with Crippen LogP contribution in [0.15, 0.2) is 18.2 Å². The minimum Gasteiger partial charge on any atom is -0.341 e. The first kappa shape index (κ1) is 10.2. The highest BCUT2D eigenvalue weighted by Gasteiger charge is 2.18. The van der Waals surface area contributed by atoms with Crippen LogP contribution in [0.1, 0.15) is 32.2 Å². The molecule has 0 aliphatic carbocycles. The highest BCUT2D eigenvalue weighted by Crippen LogP contribution is 2.28. The fraction of sp³-hybridized carbons (Fsp3) is 0.417. The molecule has 15 heavy (non-hydrogen) atoms. The number of hydrogen-bond donors (Lipinski definition) is 2. The number of nitrogens with two attached hydrogens (primary N) is 1. The largest absolute Gasteiger partial charge is 0.341 e. The van der Waals surface area contributed by atoms with Crippen molar-refractivity contribution in [2.75, 3.05) is 0 Å². The zero-order valence-corrected chi connectivity index (χ0v) is 9.46. The Morgan fingerprint density at radius 2 is 2.07 bits per heavy atom. The summed E-state index contributed by atoms with van der Waals surface area (Å²) in [7, 11) is 0. The van der Waals surface area contributed by atoms with E-state index in [4.69, 9.17) is 5.73 Å². The molecule has 0 fully saturated rings. The molecule has 3 heteroatoms. The summed E-state index contributed by atoms with van der Waals surface area (Å²) in [6, 6.07) is 6.22. The molecule has 0 amide bonds. The molecule has 0 atom stereocenters. The molecule has 0 radical (unpaired) electrons. The van der Waals surface area contributed by atoms with Crippen molar-refractivity contribution < 1.29 is 0 Å². The zero-order chi connectivity index (χ0) is 11.1. The van der Waals surface area contributed by atoms with Crippen molar-refractivity contribution in [3.8, 4) is 0 Å². The van der Waals surface area contributed by atoms with Gasteiger partial charge in [0.25, 0.3) is 0 Å². The summed E-state index contributed by atoms with van der Waals surface area (Å²) in [5.41, 5.74) is 9.07. The fourth-order valence-corrected chi connectivity index (χ4v) is 1.79.